The van der Waals surface area contributed by atoms with Crippen LogP contribution in [0.25, 0.3) is 0 Å². The number of rotatable bonds is 7. The van der Waals surface area contributed by atoms with E-state index in [1.165, 1.54) is 24.0 Å². The monoisotopic (exact) mass is 326 g/mol. The minimum absolute atomic E-state index is 0.0847. The summed E-state index contributed by atoms with van der Waals surface area (Å²) in [5, 5.41) is 0. The van der Waals surface area contributed by atoms with E-state index in [4.69, 9.17) is 9.47 Å². The van der Waals surface area contributed by atoms with Crippen molar-refractivity contribution in [1.29, 1.82) is 0 Å². The van der Waals surface area contributed by atoms with Gasteiger partial charge in [0.1, 0.15) is 0 Å². The summed E-state index contributed by atoms with van der Waals surface area (Å²) in [6.45, 7) is 5.83. The maximum absolute atomic E-state index is 12.2. The molecule has 0 spiro atoms. The molecule has 120 valence electrons. The van der Waals surface area contributed by atoms with Gasteiger partial charge in [-0.25, -0.2) is 13.1 Å². The maximum atomic E-state index is 12.2. The Balaban J connectivity index is 1.99. The third-order valence-electron chi connectivity index (χ3n) is 3.12. The first-order valence-electron chi connectivity index (χ1n) is 6.70. The molecule has 1 aliphatic heterocycles. The lowest BCUT2D eigenvalue weighted by Crippen LogP contribution is -2.37. The van der Waals surface area contributed by atoms with Gasteiger partial charge in [-0.1, -0.05) is 6.08 Å². The van der Waals surface area contributed by atoms with Crippen molar-refractivity contribution in [3.05, 3.63) is 30.9 Å². The van der Waals surface area contributed by atoms with Gasteiger partial charge >= 0.3 is 0 Å². The summed E-state index contributed by atoms with van der Waals surface area (Å²) < 4.78 is 37.2. The van der Waals surface area contributed by atoms with Crippen LogP contribution in [-0.4, -0.2) is 45.7 Å². The van der Waals surface area contributed by atoms with Crippen molar-refractivity contribution in [1.82, 2.24) is 9.62 Å². The van der Waals surface area contributed by atoms with E-state index in [9.17, 15) is 13.2 Å². The quantitative estimate of drug-likeness (QED) is 0.747. The Morgan fingerprint density at radius 2 is 2.14 bits per heavy atom. The van der Waals surface area contributed by atoms with Gasteiger partial charge in [-0.05, 0) is 12.1 Å². The summed E-state index contributed by atoms with van der Waals surface area (Å²) in [4.78, 5) is 12.9. The number of carbonyl (C=O) groups is 1. The Morgan fingerprint density at radius 3 is 2.82 bits per heavy atom. The first-order valence-corrected chi connectivity index (χ1v) is 8.18. The largest absolute Gasteiger partial charge is 0.454 e. The number of nitrogens with zero attached hydrogens (tertiary/aromatic N) is 1. The number of carbonyl (C=O) groups excluding carboxylic acids is 1. The molecule has 1 aromatic carbocycles. The Bertz CT molecular complexity index is 672. The summed E-state index contributed by atoms with van der Waals surface area (Å²) in [6, 6.07) is 4.41. The Kier molecular flexibility index (Phi) is 5.04. The van der Waals surface area contributed by atoms with Gasteiger partial charge in [0.25, 0.3) is 0 Å². The SMILES string of the molecule is C=CCN(CCNS(=O)(=O)c1ccc2c(c1)OCO2)C(C)=O. The second kappa shape index (κ2) is 6.80. The van der Waals surface area contributed by atoms with Gasteiger partial charge in [0, 0.05) is 32.6 Å². The fourth-order valence-corrected chi connectivity index (χ4v) is 3.01. The molecule has 22 heavy (non-hydrogen) atoms. The van der Waals surface area contributed by atoms with E-state index in [2.05, 4.69) is 11.3 Å². The van der Waals surface area contributed by atoms with E-state index in [1.54, 1.807) is 12.1 Å². The molecular weight excluding hydrogens is 308 g/mol. The van der Waals surface area contributed by atoms with Crippen LogP contribution in [-0.2, 0) is 14.8 Å². The second-order valence-corrected chi connectivity index (χ2v) is 6.43. The standard InChI is InChI=1S/C14H18N2O5S/c1-3-7-16(11(2)17)8-6-15-22(18,19)12-4-5-13-14(9-12)21-10-20-13/h3-5,9,15H,1,6-8,10H2,2H3. The zero-order valence-electron chi connectivity index (χ0n) is 12.2. The smallest absolute Gasteiger partial charge is 0.240 e. The Morgan fingerprint density at radius 1 is 1.41 bits per heavy atom. The first kappa shape index (κ1) is 16.3. The Hall–Kier alpha value is -2.06. The number of hydrogen-bond acceptors (Lipinski definition) is 5. The number of sulfonamides is 1. The zero-order valence-corrected chi connectivity index (χ0v) is 13.1. The fraction of sp³-hybridized carbons (Fsp3) is 0.357. The molecule has 1 aliphatic rings. The fourth-order valence-electron chi connectivity index (χ4n) is 1.98. The van der Waals surface area contributed by atoms with Gasteiger partial charge in [0.2, 0.25) is 22.7 Å². The molecule has 0 bridgehead atoms. The minimum atomic E-state index is -3.67. The van der Waals surface area contributed by atoms with Gasteiger partial charge in [-0.15, -0.1) is 6.58 Å². The summed E-state index contributed by atoms with van der Waals surface area (Å²) in [5.74, 6) is 0.787. The molecule has 1 heterocycles. The Labute approximate surface area is 129 Å². The summed E-state index contributed by atoms with van der Waals surface area (Å²) in [6.07, 6.45) is 1.59. The summed E-state index contributed by atoms with van der Waals surface area (Å²) in [5.41, 5.74) is 0. The second-order valence-electron chi connectivity index (χ2n) is 4.67. The van der Waals surface area contributed by atoms with E-state index in [1.807, 2.05) is 0 Å². The van der Waals surface area contributed by atoms with Crippen LogP contribution >= 0.6 is 0 Å². The molecule has 7 nitrogen and oxygen atoms in total. The molecule has 0 radical (unpaired) electrons. The molecule has 8 heteroatoms. The topological polar surface area (TPSA) is 84.9 Å². The van der Waals surface area contributed by atoms with E-state index in [0.717, 1.165) is 0 Å². The van der Waals surface area contributed by atoms with Crippen LogP contribution in [0.3, 0.4) is 0 Å². The molecule has 0 aliphatic carbocycles. The van der Waals surface area contributed by atoms with Crippen LogP contribution in [0, 0.1) is 0 Å². The van der Waals surface area contributed by atoms with E-state index < -0.39 is 10.0 Å². The highest BCUT2D eigenvalue weighted by Crippen LogP contribution is 2.33. The number of ether oxygens (including phenoxy) is 2. The predicted octanol–water partition coefficient (Wildman–Crippen LogP) is 0.728. The molecule has 0 aromatic heterocycles. The molecule has 0 atom stereocenters. The van der Waals surface area contributed by atoms with Crippen LogP contribution in [0.1, 0.15) is 6.92 Å². The molecular formula is C14H18N2O5S. The number of benzene rings is 1. The molecule has 2 rings (SSSR count). The van der Waals surface area contributed by atoms with Crippen molar-refractivity contribution >= 4 is 15.9 Å². The maximum Gasteiger partial charge on any atom is 0.240 e. The third-order valence-corrected chi connectivity index (χ3v) is 4.58. The highest BCUT2D eigenvalue weighted by atomic mass is 32.2. The van der Waals surface area contributed by atoms with E-state index in [0.29, 0.717) is 18.0 Å². The van der Waals surface area contributed by atoms with Gasteiger partial charge in [0.15, 0.2) is 11.5 Å². The minimum Gasteiger partial charge on any atom is -0.454 e. The highest BCUT2D eigenvalue weighted by Gasteiger charge is 2.20. The lowest BCUT2D eigenvalue weighted by molar-refractivity contribution is -0.128. The average molecular weight is 326 g/mol. The van der Waals surface area contributed by atoms with Crippen molar-refractivity contribution < 1.29 is 22.7 Å². The third kappa shape index (κ3) is 3.77. The van der Waals surface area contributed by atoms with Gasteiger partial charge in [-0.2, -0.15) is 0 Å². The highest BCUT2D eigenvalue weighted by molar-refractivity contribution is 7.89. The van der Waals surface area contributed by atoms with Crippen LogP contribution in [0.2, 0.25) is 0 Å². The number of hydrogen-bond donors (Lipinski definition) is 1. The average Bonchev–Trinajstić information content (AvgIpc) is 2.93. The first-order chi connectivity index (χ1) is 10.4. The van der Waals surface area contributed by atoms with Gasteiger partial charge in [0.05, 0.1) is 4.90 Å². The molecule has 0 saturated carbocycles. The van der Waals surface area contributed by atoms with Crippen molar-refractivity contribution in [2.24, 2.45) is 0 Å². The van der Waals surface area contributed by atoms with Gasteiger partial charge < -0.3 is 14.4 Å². The van der Waals surface area contributed by atoms with E-state index in [-0.39, 0.29) is 30.7 Å². The predicted molar refractivity (Wildman–Crippen MR) is 80.2 cm³/mol. The number of fused-ring (bicyclic) bond motifs is 1. The van der Waals surface area contributed by atoms with Crippen LogP contribution in [0.15, 0.2) is 35.7 Å². The van der Waals surface area contributed by atoms with Crippen molar-refractivity contribution in [3.8, 4) is 11.5 Å². The molecule has 0 unspecified atom stereocenters. The zero-order chi connectivity index (χ0) is 16.2. The molecule has 0 fully saturated rings. The summed E-state index contributed by atoms with van der Waals surface area (Å²) >= 11 is 0. The summed E-state index contributed by atoms with van der Waals surface area (Å²) in [7, 11) is -3.67. The van der Waals surface area contributed by atoms with Crippen LogP contribution in [0.5, 0.6) is 11.5 Å². The normalized spacial score (nSPS) is 13.0. The van der Waals surface area contributed by atoms with Crippen molar-refractivity contribution in [2.45, 2.75) is 11.8 Å². The molecule has 1 N–H and O–H groups in total. The van der Waals surface area contributed by atoms with Crippen LogP contribution < -0.4 is 14.2 Å². The molecule has 1 amide bonds. The van der Waals surface area contributed by atoms with Gasteiger partial charge in [-0.3, -0.25) is 4.79 Å². The number of nitrogens with one attached hydrogen (secondary N) is 1. The molecule has 1 aromatic rings. The lowest BCUT2D eigenvalue weighted by Gasteiger charge is -2.19. The lowest BCUT2D eigenvalue weighted by atomic mass is 10.3. The van der Waals surface area contributed by atoms with Crippen molar-refractivity contribution in [2.75, 3.05) is 26.4 Å². The van der Waals surface area contributed by atoms with Crippen molar-refractivity contribution in [3.63, 3.8) is 0 Å². The van der Waals surface area contributed by atoms with Crippen LogP contribution in [0.4, 0.5) is 0 Å². The number of amides is 1. The van der Waals surface area contributed by atoms with E-state index >= 15 is 0 Å². The molecule has 0 saturated heterocycles.